The number of aromatic nitrogens is 1. The number of H-pyrrole nitrogens is 1. The molecule has 0 saturated heterocycles. The fraction of sp³-hybridized carbons (Fsp3) is 0.400. The van der Waals surface area contributed by atoms with Crippen LogP contribution in [0.4, 0.5) is 0 Å². The SMILES string of the molecule is O=C(NCC1(O)CCCC1)c1cc2ccc(Br)cc2[nH]1. The Kier molecular flexibility index (Phi) is 3.56. The molecule has 4 nitrogen and oxygen atoms in total. The van der Waals surface area contributed by atoms with Gasteiger partial charge in [-0.25, -0.2) is 0 Å². The van der Waals surface area contributed by atoms with Crippen LogP contribution < -0.4 is 5.32 Å². The molecule has 1 aliphatic rings. The number of hydrogen-bond donors (Lipinski definition) is 3. The third-order valence-corrected chi connectivity index (χ3v) is 4.43. The Labute approximate surface area is 125 Å². The zero-order chi connectivity index (χ0) is 14.2. The summed E-state index contributed by atoms with van der Waals surface area (Å²) in [7, 11) is 0. The smallest absolute Gasteiger partial charge is 0.267 e. The van der Waals surface area contributed by atoms with Gasteiger partial charge in [-0.05, 0) is 31.0 Å². The van der Waals surface area contributed by atoms with Crippen LogP contribution in [0.15, 0.2) is 28.7 Å². The number of rotatable bonds is 3. The van der Waals surface area contributed by atoms with Gasteiger partial charge in [0.1, 0.15) is 5.69 Å². The van der Waals surface area contributed by atoms with E-state index in [0.29, 0.717) is 12.2 Å². The molecule has 0 spiro atoms. The zero-order valence-corrected chi connectivity index (χ0v) is 12.7. The van der Waals surface area contributed by atoms with Crippen LogP contribution in [0.3, 0.4) is 0 Å². The van der Waals surface area contributed by atoms with Gasteiger partial charge in [0.15, 0.2) is 0 Å². The number of hydrogen-bond acceptors (Lipinski definition) is 2. The van der Waals surface area contributed by atoms with Crippen LogP contribution in [-0.2, 0) is 0 Å². The number of nitrogens with one attached hydrogen (secondary N) is 2. The minimum atomic E-state index is -0.718. The highest BCUT2D eigenvalue weighted by Gasteiger charge is 2.31. The second-order valence-corrected chi connectivity index (χ2v) is 6.44. The standard InChI is InChI=1S/C15H17BrN2O2/c16-11-4-3-10-7-13(18-12(10)8-11)14(19)17-9-15(20)5-1-2-6-15/h3-4,7-8,18,20H,1-2,5-6,9H2,(H,17,19). The molecule has 1 amide bonds. The molecule has 0 aliphatic heterocycles. The molecule has 1 aliphatic carbocycles. The topological polar surface area (TPSA) is 65.1 Å². The molecule has 2 aromatic rings. The molecule has 20 heavy (non-hydrogen) atoms. The third kappa shape index (κ3) is 2.74. The highest BCUT2D eigenvalue weighted by Crippen LogP contribution is 2.28. The Balaban J connectivity index is 1.72. The predicted molar refractivity (Wildman–Crippen MR) is 81.7 cm³/mol. The third-order valence-electron chi connectivity index (χ3n) is 3.94. The highest BCUT2D eigenvalue weighted by atomic mass is 79.9. The maximum Gasteiger partial charge on any atom is 0.267 e. The lowest BCUT2D eigenvalue weighted by Crippen LogP contribution is -2.40. The van der Waals surface area contributed by atoms with Crippen molar-refractivity contribution in [1.82, 2.24) is 10.3 Å². The van der Waals surface area contributed by atoms with Crippen LogP contribution in [0.25, 0.3) is 10.9 Å². The average molecular weight is 337 g/mol. The molecular formula is C15H17BrN2O2. The van der Waals surface area contributed by atoms with Crippen molar-refractivity contribution in [2.45, 2.75) is 31.3 Å². The summed E-state index contributed by atoms with van der Waals surface area (Å²) < 4.78 is 0.971. The molecule has 3 N–H and O–H groups in total. The van der Waals surface area contributed by atoms with Gasteiger partial charge in [0, 0.05) is 21.9 Å². The minimum absolute atomic E-state index is 0.169. The quantitative estimate of drug-likeness (QED) is 0.806. The van der Waals surface area contributed by atoms with Gasteiger partial charge in [-0.2, -0.15) is 0 Å². The lowest BCUT2D eigenvalue weighted by Gasteiger charge is -2.22. The Bertz CT molecular complexity index is 644. The van der Waals surface area contributed by atoms with Gasteiger partial charge in [0.25, 0.3) is 5.91 Å². The molecule has 1 aromatic carbocycles. The summed E-state index contributed by atoms with van der Waals surface area (Å²) in [5.41, 5.74) is 0.730. The van der Waals surface area contributed by atoms with E-state index in [1.54, 1.807) is 0 Å². The Hall–Kier alpha value is -1.33. The molecule has 3 rings (SSSR count). The van der Waals surface area contributed by atoms with E-state index in [4.69, 9.17) is 0 Å². The number of aromatic amines is 1. The van der Waals surface area contributed by atoms with Gasteiger partial charge in [-0.15, -0.1) is 0 Å². The largest absolute Gasteiger partial charge is 0.388 e. The van der Waals surface area contributed by atoms with Crippen LogP contribution >= 0.6 is 15.9 Å². The van der Waals surface area contributed by atoms with E-state index in [9.17, 15) is 9.90 Å². The molecule has 0 radical (unpaired) electrons. The Morgan fingerprint density at radius 3 is 2.85 bits per heavy atom. The lowest BCUT2D eigenvalue weighted by molar-refractivity contribution is 0.0449. The second kappa shape index (κ2) is 5.22. The summed E-state index contributed by atoms with van der Waals surface area (Å²) in [5.74, 6) is -0.169. The zero-order valence-electron chi connectivity index (χ0n) is 11.1. The van der Waals surface area contributed by atoms with Crippen LogP contribution in [0, 0.1) is 0 Å². The number of fused-ring (bicyclic) bond motifs is 1. The first-order valence-corrected chi connectivity index (χ1v) is 7.64. The number of benzene rings is 1. The summed E-state index contributed by atoms with van der Waals surface area (Å²) in [4.78, 5) is 15.2. The molecule has 0 unspecified atom stereocenters. The van der Waals surface area contributed by atoms with Crippen LogP contribution in [-0.4, -0.2) is 28.1 Å². The van der Waals surface area contributed by atoms with Crippen molar-refractivity contribution in [2.24, 2.45) is 0 Å². The number of amides is 1. The van der Waals surface area contributed by atoms with E-state index in [1.807, 2.05) is 24.3 Å². The van der Waals surface area contributed by atoms with Gasteiger partial charge in [-0.3, -0.25) is 4.79 Å². The fourth-order valence-electron chi connectivity index (χ4n) is 2.77. The van der Waals surface area contributed by atoms with Crippen molar-refractivity contribution in [3.05, 3.63) is 34.4 Å². The van der Waals surface area contributed by atoms with Crippen molar-refractivity contribution in [1.29, 1.82) is 0 Å². The summed E-state index contributed by atoms with van der Waals surface area (Å²) in [6.07, 6.45) is 3.61. The first-order chi connectivity index (χ1) is 9.56. The number of halogens is 1. The molecule has 106 valence electrons. The normalized spacial score (nSPS) is 17.5. The summed E-state index contributed by atoms with van der Waals surface area (Å²) >= 11 is 3.41. The van der Waals surface area contributed by atoms with E-state index < -0.39 is 5.60 Å². The van der Waals surface area contributed by atoms with Gasteiger partial charge in [0.2, 0.25) is 0 Å². The average Bonchev–Trinajstić information content (AvgIpc) is 3.02. The van der Waals surface area contributed by atoms with Crippen molar-refractivity contribution in [3.63, 3.8) is 0 Å². The molecule has 1 aromatic heterocycles. The summed E-state index contributed by atoms with van der Waals surface area (Å²) in [6, 6.07) is 7.67. The van der Waals surface area contributed by atoms with Crippen LogP contribution in [0.2, 0.25) is 0 Å². The van der Waals surface area contributed by atoms with Crippen molar-refractivity contribution in [2.75, 3.05) is 6.54 Å². The second-order valence-electron chi connectivity index (χ2n) is 5.53. The van der Waals surface area contributed by atoms with Crippen LogP contribution in [0.5, 0.6) is 0 Å². The summed E-state index contributed by atoms with van der Waals surface area (Å²) in [6.45, 7) is 0.324. The van der Waals surface area contributed by atoms with Gasteiger partial charge < -0.3 is 15.4 Å². The highest BCUT2D eigenvalue weighted by molar-refractivity contribution is 9.10. The van der Waals surface area contributed by atoms with Gasteiger partial charge in [0.05, 0.1) is 5.60 Å². The van der Waals surface area contributed by atoms with Gasteiger partial charge >= 0.3 is 0 Å². The van der Waals surface area contributed by atoms with Gasteiger partial charge in [-0.1, -0.05) is 34.8 Å². The summed E-state index contributed by atoms with van der Waals surface area (Å²) in [5, 5.41) is 14.1. The van der Waals surface area contributed by atoms with E-state index in [-0.39, 0.29) is 5.91 Å². The van der Waals surface area contributed by atoms with Crippen molar-refractivity contribution >= 4 is 32.7 Å². The van der Waals surface area contributed by atoms with Crippen LogP contribution in [0.1, 0.15) is 36.2 Å². The maximum atomic E-state index is 12.1. The number of aliphatic hydroxyl groups is 1. The monoisotopic (exact) mass is 336 g/mol. The minimum Gasteiger partial charge on any atom is -0.388 e. The Morgan fingerprint density at radius 1 is 1.35 bits per heavy atom. The fourth-order valence-corrected chi connectivity index (χ4v) is 3.13. The Morgan fingerprint density at radius 2 is 2.10 bits per heavy atom. The molecule has 1 fully saturated rings. The molecule has 1 heterocycles. The van der Waals surface area contributed by atoms with E-state index in [1.165, 1.54) is 0 Å². The maximum absolute atomic E-state index is 12.1. The predicted octanol–water partition coefficient (Wildman–Crippen LogP) is 2.97. The van der Waals surface area contributed by atoms with Crippen molar-refractivity contribution in [3.8, 4) is 0 Å². The van der Waals surface area contributed by atoms with E-state index >= 15 is 0 Å². The van der Waals surface area contributed by atoms with E-state index in [2.05, 4.69) is 26.2 Å². The molecule has 5 heteroatoms. The van der Waals surface area contributed by atoms with E-state index in [0.717, 1.165) is 41.1 Å². The first kappa shape index (κ1) is 13.6. The van der Waals surface area contributed by atoms with Crippen molar-refractivity contribution < 1.29 is 9.90 Å². The number of carbonyl (C=O) groups is 1. The molecule has 1 saturated carbocycles. The molecular weight excluding hydrogens is 320 g/mol. The molecule has 0 bridgehead atoms. The number of carbonyl (C=O) groups excluding carboxylic acids is 1. The molecule has 0 atom stereocenters. The first-order valence-electron chi connectivity index (χ1n) is 6.85. The lowest BCUT2D eigenvalue weighted by atomic mass is 10.0.